The van der Waals surface area contributed by atoms with Crippen LogP contribution in [0.1, 0.15) is 24.2 Å². The molecule has 8 heteroatoms. The van der Waals surface area contributed by atoms with Gasteiger partial charge in [-0.15, -0.1) is 0 Å². The summed E-state index contributed by atoms with van der Waals surface area (Å²) in [5.41, 5.74) is 0.333. The number of rotatable bonds is 10. The first-order chi connectivity index (χ1) is 13.4. The highest BCUT2D eigenvalue weighted by Crippen LogP contribution is 2.28. The van der Waals surface area contributed by atoms with Crippen molar-refractivity contribution >= 4 is 11.9 Å². The zero-order valence-electron chi connectivity index (χ0n) is 15.6. The smallest absolute Gasteiger partial charge is 0.341 e. The summed E-state index contributed by atoms with van der Waals surface area (Å²) < 4.78 is 29.1. The number of nitrogens with one attached hydrogen (secondary N) is 1. The topological polar surface area (TPSA) is 94.1 Å². The van der Waals surface area contributed by atoms with Crippen molar-refractivity contribution in [1.82, 2.24) is 5.32 Å². The van der Waals surface area contributed by atoms with Crippen molar-refractivity contribution in [3.05, 3.63) is 53.8 Å². The zero-order valence-corrected chi connectivity index (χ0v) is 15.6. The van der Waals surface area contributed by atoms with Gasteiger partial charge in [-0.1, -0.05) is 0 Å². The quantitative estimate of drug-likeness (QED) is 0.647. The molecule has 0 saturated carbocycles. The largest absolute Gasteiger partial charge is 0.490 e. The molecule has 0 bridgehead atoms. The van der Waals surface area contributed by atoms with Crippen molar-refractivity contribution in [3.63, 3.8) is 0 Å². The van der Waals surface area contributed by atoms with E-state index in [2.05, 4.69) is 5.32 Å². The molecule has 150 valence electrons. The van der Waals surface area contributed by atoms with Gasteiger partial charge in [-0.05, 0) is 56.3 Å². The second-order valence-corrected chi connectivity index (χ2v) is 5.87. The molecule has 2 rings (SSSR count). The van der Waals surface area contributed by atoms with Crippen molar-refractivity contribution in [2.45, 2.75) is 20.0 Å². The van der Waals surface area contributed by atoms with E-state index >= 15 is 0 Å². The van der Waals surface area contributed by atoms with E-state index in [1.807, 2.05) is 0 Å². The van der Waals surface area contributed by atoms with E-state index in [0.29, 0.717) is 17.9 Å². The summed E-state index contributed by atoms with van der Waals surface area (Å²) in [6.45, 7) is 3.60. The molecule has 1 atom stereocenters. The van der Waals surface area contributed by atoms with E-state index < -0.39 is 12.6 Å². The molecule has 0 radical (unpaired) electrons. The molecule has 2 N–H and O–H groups in total. The van der Waals surface area contributed by atoms with Crippen molar-refractivity contribution in [2.75, 3.05) is 19.8 Å². The number of amides is 1. The molecule has 2 aromatic rings. The van der Waals surface area contributed by atoms with E-state index in [4.69, 9.17) is 19.3 Å². The molecule has 0 saturated heterocycles. The van der Waals surface area contributed by atoms with Gasteiger partial charge < -0.3 is 24.6 Å². The fourth-order valence-electron chi connectivity index (χ4n) is 2.30. The number of halogens is 1. The lowest BCUT2D eigenvalue weighted by Gasteiger charge is -2.16. The summed E-state index contributed by atoms with van der Waals surface area (Å²) in [5.74, 6) is -0.781. The van der Waals surface area contributed by atoms with Crippen LogP contribution in [0.25, 0.3) is 0 Å². The summed E-state index contributed by atoms with van der Waals surface area (Å²) in [4.78, 5) is 23.0. The summed E-state index contributed by atoms with van der Waals surface area (Å²) in [6.07, 6.45) is -0.334. The van der Waals surface area contributed by atoms with Crippen molar-refractivity contribution < 1.29 is 33.3 Å². The number of carbonyl (C=O) groups excluding carboxylic acids is 1. The van der Waals surface area contributed by atoms with E-state index in [1.165, 1.54) is 42.5 Å². The number of hydrogen-bond acceptors (Lipinski definition) is 5. The summed E-state index contributed by atoms with van der Waals surface area (Å²) in [6, 6.07) is 10.1. The normalized spacial score (nSPS) is 11.4. The van der Waals surface area contributed by atoms with Crippen LogP contribution in [0.4, 0.5) is 4.39 Å². The predicted molar refractivity (Wildman–Crippen MR) is 99.6 cm³/mol. The third-order valence-corrected chi connectivity index (χ3v) is 3.56. The molecule has 0 aliphatic heterocycles. The average molecular weight is 391 g/mol. The number of ether oxygens (including phenoxy) is 3. The summed E-state index contributed by atoms with van der Waals surface area (Å²) in [5, 5.41) is 11.5. The standard InChI is InChI=1S/C20H22FNO6/c1-3-26-18-10-14(4-9-17(18)27-12-19(23)24)20(25)22-11-13(2)28-16-7-5-15(21)6-8-16/h4-10,13H,3,11-12H2,1-2H3,(H,22,25)(H,23,24). The number of carboxylic acids is 1. The first-order valence-electron chi connectivity index (χ1n) is 8.71. The maximum atomic E-state index is 12.9. The Kier molecular flexibility index (Phi) is 7.62. The van der Waals surface area contributed by atoms with Gasteiger partial charge >= 0.3 is 5.97 Å². The molecule has 0 spiro atoms. The second kappa shape index (κ2) is 10.1. The van der Waals surface area contributed by atoms with Crippen LogP contribution in [0.2, 0.25) is 0 Å². The Bertz CT molecular complexity index is 809. The Labute approximate surface area is 162 Å². The van der Waals surface area contributed by atoms with Crippen molar-refractivity contribution in [1.29, 1.82) is 0 Å². The molecule has 0 fully saturated rings. The Hall–Kier alpha value is -3.29. The summed E-state index contributed by atoms with van der Waals surface area (Å²) >= 11 is 0. The first-order valence-corrected chi connectivity index (χ1v) is 8.71. The van der Waals surface area contributed by atoms with Gasteiger partial charge in [0.2, 0.25) is 0 Å². The van der Waals surface area contributed by atoms with E-state index in [-0.39, 0.29) is 35.9 Å². The fraction of sp³-hybridized carbons (Fsp3) is 0.300. The van der Waals surface area contributed by atoms with Crippen LogP contribution in [-0.2, 0) is 4.79 Å². The fourth-order valence-corrected chi connectivity index (χ4v) is 2.30. The van der Waals surface area contributed by atoms with Gasteiger partial charge in [-0.2, -0.15) is 0 Å². The van der Waals surface area contributed by atoms with Crippen LogP contribution < -0.4 is 19.5 Å². The minimum absolute atomic E-state index is 0.234. The van der Waals surface area contributed by atoms with Gasteiger partial charge in [0.05, 0.1) is 13.2 Å². The van der Waals surface area contributed by atoms with Crippen LogP contribution in [0.5, 0.6) is 17.2 Å². The Balaban J connectivity index is 1.95. The molecular formula is C20H22FNO6. The maximum absolute atomic E-state index is 12.9. The van der Waals surface area contributed by atoms with Crippen LogP contribution >= 0.6 is 0 Å². The van der Waals surface area contributed by atoms with Crippen LogP contribution in [0.15, 0.2) is 42.5 Å². The van der Waals surface area contributed by atoms with Gasteiger partial charge in [0.15, 0.2) is 18.1 Å². The molecule has 0 aromatic heterocycles. The molecular weight excluding hydrogens is 369 g/mol. The monoisotopic (exact) mass is 391 g/mol. The van der Waals surface area contributed by atoms with Gasteiger partial charge in [0, 0.05) is 5.56 Å². The highest BCUT2D eigenvalue weighted by Gasteiger charge is 2.14. The Morgan fingerprint density at radius 3 is 2.46 bits per heavy atom. The average Bonchev–Trinajstić information content (AvgIpc) is 2.67. The summed E-state index contributed by atoms with van der Waals surface area (Å²) in [7, 11) is 0. The number of benzene rings is 2. The van der Waals surface area contributed by atoms with Crippen LogP contribution in [0.3, 0.4) is 0 Å². The van der Waals surface area contributed by atoms with Gasteiger partial charge in [0.1, 0.15) is 17.7 Å². The predicted octanol–water partition coefficient (Wildman–Crippen LogP) is 2.89. The number of carbonyl (C=O) groups is 2. The SMILES string of the molecule is CCOc1cc(C(=O)NCC(C)Oc2ccc(F)cc2)ccc1OCC(=O)O. The Morgan fingerprint density at radius 2 is 1.82 bits per heavy atom. The number of carboxylic acid groups (broad SMARTS) is 1. The molecule has 0 aliphatic rings. The molecule has 1 unspecified atom stereocenters. The second-order valence-electron chi connectivity index (χ2n) is 5.87. The van der Waals surface area contributed by atoms with E-state index in [9.17, 15) is 14.0 Å². The molecule has 2 aromatic carbocycles. The molecule has 28 heavy (non-hydrogen) atoms. The third-order valence-electron chi connectivity index (χ3n) is 3.56. The lowest BCUT2D eigenvalue weighted by Crippen LogP contribution is -2.33. The highest BCUT2D eigenvalue weighted by atomic mass is 19.1. The van der Waals surface area contributed by atoms with Crippen LogP contribution in [0, 0.1) is 5.82 Å². The van der Waals surface area contributed by atoms with Gasteiger partial charge in [0.25, 0.3) is 5.91 Å². The van der Waals surface area contributed by atoms with Crippen molar-refractivity contribution in [2.24, 2.45) is 0 Å². The first kappa shape index (κ1) is 21.0. The van der Waals surface area contributed by atoms with E-state index in [0.717, 1.165) is 0 Å². The van der Waals surface area contributed by atoms with E-state index in [1.54, 1.807) is 13.8 Å². The minimum Gasteiger partial charge on any atom is -0.490 e. The van der Waals surface area contributed by atoms with Gasteiger partial charge in [-0.3, -0.25) is 4.79 Å². The highest BCUT2D eigenvalue weighted by molar-refractivity contribution is 5.94. The number of aliphatic carboxylic acids is 1. The third kappa shape index (κ3) is 6.46. The molecule has 7 nitrogen and oxygen atoms in total. The van der Waals surface area contributed by atoms with Gasteiger partial charge in [-0.25, -0.2) is 9.18 Å². The lowest BCUT2D eigenvalue weighted by atomic mass is 10.2. The lowest BCUT2D eigenvalue weighted by molar-refractivity contribution is -0.139. The minimum atomic E-state index is -1.11. The molecule has 0 heterocycles. The maximum Gasteiger partial charge on any atom is 0.341 e. The molecule has 1 amide bonds. The number of hydrogen-bond donors (Lipinski definition) is 2. The Morgan fingerprint density at radius 1 is 1.11 bits per heavy atom. The molecule has 0 aliphatic carbocycles. The van der Waals surface area contributed by atoms with Crippen molar-refractivity contribution in [3.8, 4) is 17.2 Å². The van der Waals surface area contributed by atoms with Crippen LogP contribution in [-0.4, -0.2) is 42.8 Å². The zero-order chi connectivity index (χ0) is 20.5.